The van der Waals surface area contributed by atoms with Crippen LogP contribution >= 0.6 is 0 Å². The van der Waals surface area contributed by atoms with Crippen LogP contribution in [-0.2, 0) is 9.59 Å². The Morgan fingerprint density at radius 1 is 0.929 bits per heavy atom. The molecular weight excluding hydrogens is 350 g/mol. The third kappa shape index (κ3) is 5.42. The van der Waals surface area contributed by atoms with E-state index in [0.29, 0.717) is 6.54 Å². The molecule has 1 aliphatic rings. The van der Waals surface area contributed by atoms with Gasteiger partial charge in [0, 0.05) is 17.3 Å². The molecule has 2 aromatic rings. The standard InChI is InChI=1S/C23H29N3O2/c1-16-5-8-20(9-6-16)24-22(27)15-26-12-10-19(11-13-26)23(28)25-21-14-17(2)4-7-18(21)3/h4-9,14,19H,10-13,15H2,1-3H3,(H,24,27)(H,25,28). The van der Waals surface area contributed by atoms with Crippen LogP contribution in [0.1, 0.15) is 29.5 Å². The molecule has 0 atom stereocenters. The highest BCUT2D eigenvalue weighted by Gasteiger charge is 2.26. The fraction of sp³-hybridized carbons (Fsp3) is 0.391. The van der Waals surface area contributed by atoms with Gasteiger partial charge in [0.25, 0.3) is 0 Å². The van der Waals surface area contributed by atoms with Crippen molar-refractivity contribution in [1.82, 2.24) is 4.90 Å². The minimum atomic E-state index is -0.0119. The molecule has 0 radical (unpaired) electrons. The summed E-state index contributed by atoms with van der Waals surface area (Å²) < 4.78 is 0. The minimum Gasteiger partial charge on any atom is -0.326 e. The van der Waals surface area contributed by atoms with Crippen molar-refractivity contribution in [3.05, 3.63) is 59.2 Å². The van der Waals surface area contributed by atoms with E-state index < -0.39 is 0 Å². The minimum absolute atomic E-state index is 0.00341. The van der Waals surface area contributed by atoms with Crippen LogP contribution in [-0.4, -0.2) is 36.3 Å². The summed E-state index contributed by atoms with van der Waals surface area (Å²) in [5.41, 5.74) is 5.09. The zero-order chi connectivity index (χ0) is 20.1. The highest BCUT2D eigenvalue weighted by Crippen LogP contribution is 2.22. The van der Waals surface area contributed by atoms with Crippen molar-refractivity contribution in [2.45, 2.75) is 33.6 Å². The second-order valence-corrected chi connectivity index (χ2v) is 7.77. The highest BCUT2D eigenvalue weighted by atomic mass is 16.2. The SMILES string of the molecule is Cc1ccc(NC(=O)CN2CCC(C(=O)Nc3cc(C)ccc3C)CC2)cc1. The van der Waals surface area contributed by atoms with Crippen LogP contribution in [0.2, 0.25) is 0 Å². The molecular formula is C23H29N3O2. The normalized spacial score (nSPS) is 15.2. The molecule has 5 heteroatoms. The molecule has 0 bridgehead atoms. The zero-order valence-corrected chi connectivity index (χ0v) is 16.9. The predicted molar refractivity (Wildman–Crippen MR) is 114 cm³/mol. The lowest BCUT2D eigenvalue weighted by atomic mass is 9.95. The molecule has 0 saturated carbocycles. The van der Waals surface area contributed by atoms with Crippen LogP contribution in [0.4, 0.5) is 11.4 Å². The van der Waals surface area contributed by atoms with E-state index in [9.17, 15) is 9.59 Å². The molecule has 0 aromatic heterocycles. The van der Waals surface area contributed by atoms with Crippen molar-refractivity contribution >= 4 is 23.2 Å². The van der Waals surface area contributed by atoms with Gasteiger partial charge in [0.15, 0.2) is 0 Å². The van der Waals surface area contributed by atoms with E-state index in [4.69, 9.17) is 0 Å². The number of nitrogens with zero attached hydrogens (tertiary/aromatic N) is 1. The number of anilines is 2. The van der Waals surface area contributed by atoms with E-state index in [0.717, 1.165) is 48.4 Å². The molecule has 0 unspecified atom stereocenters. The van der Waals surface area contributed by atoms with Crippen LogP contribution in [0, 0.1) is 26.7 Å². The summed E-state index contributed by atoms with van der Waals surface area (Å²) in [6.45, 7) is 7.92. The van der Waals surface area contributed by atoms with Gasteiger partial charge in [0.05, 0.1) is 6.54 Å². The monoisotopic (exact) mass is 379 g/mol. The number of carbonyl (C=O) groups is 2. The summed E-state index contributed by atoms with van der Waals surface area (Å²) in [5, 5.41) is 6.01. The van der Waals surface area contributed by atoms with Gasteiger partial charge in [-0.1, -0.05) is 29.8 Å². The molecule has 3 rings (SSSR count). The number of likely N-dealkylation sites (tertiary alicyclic amines) is 1. The quantitative estimate of drug-likeness (QED) is 0.828. The molecule has 0 aliphatic carbocycles. The maximum absolute atomic E-state index is 12.6. The van der Waals surface area contributed by atoms with E-state index >= 15 is 0 Å². The van der Waals surface area contributed by atoms with Crippen LogP contribution in [0.15, 0.2) is 42.5 Å². The number of carbonyl (C=O) groups excluding carboxylic acids is 2. The molecule has 1 fully saturated rings. The van der Waals surface area contributed by atoms with Gasteiger partial charge in [0.2, 0.25) is 11.8 Å². The van der Waals surface area contributed by atoms with Crippen LogP contribution in [0.5, 0.6) is 0 Å². The fourth-order valence-electron chi connectivity index (χ4n) is 3.50. The molecule has 2 aromatic carbocycles. The molecule has 2 amide bonds. The van der Waals surface area contributed by atoms with Gasteiger partial charge in [-0.15, -0.1) is 0 Å². The van der Waals surface area contributed by atoms with Crippen LogP contribution < -0.4 is 10.6 Å². The Kier molecular flexibility index (Phi) is 6.47. The average Bonchev–Trinajstić information content (AvgIpc) is 2.67. The Bertz CT molecular complexity index is 837. The van der Waals surface area contributed by atoms with Crippen LogP contribution in [0.25, 0.3) is 0 Å². The zero-order valence-electron chi connectivity index (χ0n) is 16.9. The fourth-order valence-corrected chi connectivity index (χ4v) is 3.50. The first-order valence-corrected chi connectivity index (χ1v) is 9.88. The summed E-state index contributed by atoms with van der Waals surface area (Å²) in [6.07, 6.45) is 1.54. The maximum Gasteiger partial charge on any atom is 0.238 e. The van der Waals surface area contributed by atoms with E-state index in [-0.39, 0.29) is 17.7 Å². The molecule has 1 saturated heterocycles. The predicted octanol–water partition coefficient (Wildman–Crippen LogP) is 3.90. The van der Waals surface area contributed by atoms with Gasteiger partial charge in [0.1, 0.15) is 0 Å². The molecule has 1 aliphatic heterocycles. The number of benzene rings is 2. The summed E-state index contributed by atoms with van der Waals surface area (Å²) in [7, 11) is 0. The van der Waals surface area contributed by atoms with Crippen molar-refractivity contribution in [3.63, 3.8) is 0 Å². The lowest BCUT2D eigenvalue weighted by Crippen LogP contribution is -2.41. The summed E-state index contributed by atoms with van der Waals surface area (Å²) >= 11 is 0. The number of nitrogens with one attached hydrogen (secondary N) is 2. The Morgan fingerprint density at radius 2 is 1.57 bits per heavy atom. The van der Waals surface area contributed by atoms with Gasteiger partial charge in [-0.3, -0.25) is 14.5 Å². The van der Waals surface area contributed by atoms with Crippen molar-refractivity contribution in [3.8, 4) is 0 Å². The molecule has 0 spiro atoms. The molecule has 28 heavy (non-hydrogen) atoms. The first-order chi connectivity index (χ1) is 13.4. The molecule has 5 nitrogen and oxygen atoms in total. The molecule has 148 valence electrons. The first-order valence-electron chi connectivity index (χ1n) is 9.88. The first kappa shape index (κ1) is 20.1. The van der Waals surface area contributed by atoms with Crippen molar-refractivity contribution in [2.24, 2.45) is 5.92 Å². The van der Waals surface area contributed by atoms with E-state index in [1.165, 1.54) is 5.56 Å². The van der Waals surface area contributed by atoms with Gasteiger partial charge >= 0.3 is 0 Å². The van der Waals surface area contributed by atoms with Crippen molar-refractivity contribution in [1.29, 1.82) is 0 Å². The smallest absolute Gasteiger partial charge is 0.238 e. The van der Waals surface area contributed by atoms with Gasteiger partial charge in [-0.2, -0.15) is 0 Å². The number of rotatable bonds is 5. The second kappa shape index (κ2) is 9.02. The number of hydrogen-bond acceptors (Lipinski definition) is 3. The van der Waals surface area contributed by atoms with Gasteiger partial charge < -0.3 is 10.6 Å². The van der Waals surface area contributed by atoms with E-state index in [1.807, 2.05) is 63.2 Å². The largest absolute Gasteiger partial charge is 0.326 e. The van der Waals surface area contributed by atoms with E-state index in [1.54, 1.807) is 0 Å². The Labute approximate surface area is 167 Å². The molecule has 2 N–H and O–H groups in total. The average molecular weight is 380 g/mol. The number of hydrogen-bond donors (Lipinski definition) is 2. The Hall–Kier alpha value is -2.66. The van der Waals surface area contributed by atoms with Crippen molar-refractivity contribution in [2.75, 3.05) is 30.3 Å². The lowest BCUT2D eigenvalue weighted by molar-refractivity contribution is -0.121. The topological polar surface area (TPSA) is 61.4 Å². The summed E-state index contributed by atoms with van der Waals surface area (Å²) in [5.74, 6) is 0.0657. The Balaban J connectivity index is 1.46. The number of aryl methyl sites for hydroxylation is 3. The van der Waals surface area contributed by atoms with Gasteiger partial charge in [-0.05, 0) is 76.0 Å². The number of amides is 2. The molecule has 1 heterocycles. The highest BCUT2D eigenvalue weighted by molar-refractivity contribution is 5.94. The summed E-state index contributed by atoms with van der Waals surface area (Å²) in [6, 6.07) is 13.9. The third-order valence-corrected chi connectivity index (χ3v) is 5.31. The summed E-state index contributed by atoms with van der Waals surface area (Å²) in [4.78, 5) is 27.0. The van der Waals surface area contributed by atoms with E-state index in [2.05, 4.69) is 15.5 Å². The lowest BCUT2D eigenvalue weighted by Gasteiger charge is -2.30. The van der Waals surface area contributed by atoms with Crippen molar-refractivity contribution < 1.29 is 9.59 Å². The Morgan fingerprint density at radius 3 is 2.25 bits per heavy atom. The number of piperidine rings is 1. The third-order valence-electron chi connectivity index (χ3n) is 5.31. The van der Waals surface area contributed by atoms with Gasteiger partial charge in [-0.25, -0.2) is 0 Å². The van der Waals surface area contributed by atoms with Crippen LogP contribution in [0.3, 0.4) is 0 Å². The maximum atomic E-state index is 12.6. The second-order valence-electron chi connectivity index (χ2n) is 7.77.